The summed E-state index contributed by atoms with van der Waals surface area (Å²) in [6.07, 6.45) is 2.73. The minimum Gasteiger partial charge on any atom is -0.490 e. The highest BCUT2D eigenvalue weighted by molar-refractivity contribution is 6.01. The van der Waals surface area contributed by atoms with Crippen molar-refractivity contribution < 1.29 is 19.5 Å². The number of nitrogens with zero attached hydrogens (tertiary/aromatic N) is 1. The highest BCUT2D eigenvalue weighted by Crippen LogP contribution is 2.28. The van der Waals surface area contributed by atoms with E-state index >= 15 is 0 Å². The topological polar surface area (TPSA) is 54.2 Å². The molecular formula is C21H29N2O3+. The van der Waals surface area contributed by atoms with Crippen molar-refractivity contribution in [3.8, 4) is 5.75 Å². The number of amides is 1. The molecule has 1 fully saturated rings. The SMILES string of the molecule is C[NH+](C)C[C@@H](O)COc1cc2ccccc2cc1C(=O)N1CCCCC1. The lowest BCUT2D eigenvalue weighted by Gasteiger charge is -2.27. The molecule has 1 heterocycles. The minimum atomic E-state index is -0.565. The van der Waals surface area contributed by atoms with Crippen molar-refractivity contribution in [2.75, 3.05) is 40.3 Å². The number of likely N-dealkylation sites (tertiary alicyclic amines) is 1. The maximum absolute atomic E-state index is 13.1. The summed E-state index contributed by atoms with van der Waals surface area (Å²) in [4.78, 5) is 16.1. The molecule has 1 amide bonds. The van der Waals surface area contributed by atoms with Gasteiger partial charge >= 0.3 is 0 Å². The van der Waals surface area contributed by atoms with Gasteiger partial charge in [-0.2, -0.15) is 0 Å². The smallest absolute Gasteiger partial charge is 0.257 e. The van der Waals surface area contributed by atoms with E-state index < -0.39 is 6.10 Å². The number of nitrogens with one attached hydrogen (secondary N) is 1. The standard InChI is InChI=1S/C21H28N2O3/c1-22(2)14-18(24)15-26-20-13-17-9-5-4-8-16(17)12-19(20)21(25)23-10-6-3-7-11-23/h4-5,8-9,12-13,18,24H,3,6-7,10-11,14-15H2,1-2H3/p+1/t18-/m1/s1. The average Bonchev–Trinajstić information content (AvgIpc) is 2.65. The van der Waals surface area contributed by atoms with E-state index in [1.165, 1.54) is 6.42 Å². The molecule has 3 rings (SSSR count). The monoisotopic (exact) mass is 357 g/mol. The number of aliphatic hydroxyl groups is 1. The van der Waals surface area contributed by atoms with Gasteiger partial charge in [0.05, 0.1) is 19.7 Å². The molecule has 1 aliphatic heterocycles. The zero-order valence-electron chi connectivity index (χ0n) is 15.7. The van der Waals surface area contributed by atoms with Gasteiger partial charge in [0, 0.05) is 13.1 Å². The number of benzene rings is 2. The third kappa shape index (κ3) is 4.54. The molecule has 5 heteroatoms. The van der Waals surface area contributed by atoms with Crippen LogP contribution in [0.1, 0.15) is 29.6 Å². The first-order valence-electron chi connectivity index (χ1n) is 9.46. The van der Waals surface area contributed by atoms with Gasteiger partial charge in [-0.15, -0.1) is 0 Å². The van der Waals surface area contributed by atoms with E-state index in [-0.39, 0.29) is 12.5 Å². The van der Waals surface area contributed by atoms with Crippen LogP contribution in [0.25, 0.3) is 10.8 Å². The average molecular weight is 357 g/mol. The van der Waals surface area contributed by atoms with E-state index in [0.717, 1.165) is 41.6 Å². The molecule has 0 radical (unpaired) electrons. The lowest BCUT2D eigenvalue weighted by molar-refractivity contribution is -0.861. The minimum absolute atomic E-state index is 0.0261. The van der Waals surface area contributed by atoms with Gasteiger partial charge in [0.1, 0.15) is 25.0 Å². The fraction of sp³-hybridized carbons (Fsp3) is 0.476. The van der Waals surface area contributed by atoms with Crippen molar-refractivity contribution in [3.05, 3.63) is 42.0 Å². The molecular weight excluding hydrogens is 328 g/mol. The fourth-order valence-electron chi connectivity index (χ4n) is 3.49. The number of fused-ring (bicyclic) bond motifs is 1. The number of likely N-dealkylation sites (N-methyl/N-ethyl adjacent to an activating group) is 1. The molecule has 0 saturated carbocycles. The van der Waals surface area contributed by atoms with E-state index in [4.69, 9.17) is 4.74 Å². The van der Waals surface area contributed by atoms with Gasteiger partial charge in [0.2, 0.25) is 0 Å². The second-order valence-electron chi connectivity index (χ2n) is 7.42. The molecule has 5 nitrogen and oxygen atoms in total. The van der Waals surface area contributed by atoms with Crippen molar-refractivity contribution in [2.24, 2.45) is 0 Å². The highest BCUT2D eigenvalue weighted by Gasteiger charge is 2.23. The van der Waals surface area contributed by atoms with Crippen molar-refractivity contribution in [1.29, 1.82) is 0 Å². The number of piperidine rings is 1. The van der Waals surface area contributed by atoms with Crippen LogP contribution in [0.2, 0.25) is 0 Å². The van der Waals surface area contributed by atoms with Crippen LogP contribution in [0.3, 0.4) is 0 Å². The Balaban J connectivity index is 1.87. The molecule has 0 aliphatic carbocycles. The van der Waals surface area contributed by atoms with Crippen LogP contribution >= 0.6 is 0 Å². The third-order valence-corrected chi connectivity index (χ3v) is 4.80. The summed E-state index contributed by atoms with van der Waals surface area (Å²) in [6.45, 7) is 2.39. The summed E-state index contributed by atoms with van der Waals surface area (Å²) < 4.78 is 5.91. The number of carbonyl (C=O) groups excluding carboxylic acids is 1. The summed E-state index contributed by atoms with van der Waals surface area (Å²) in [6, 6.07) is 11.8. The number of carbonyl (C=O) groups is 1. The van der Waals surface area contributed by atoms with E-state index in [1.54, 1.807) is 0 Å². The molecule has 0 aromatic heterocycles. The zero-order chi connectivity index (χ0) is 18.5. The number of ether oxygens (including phenoxy) is 1. The number of quaternary nitrogens is 1. The zero-order valence-corrected chi connectivity index (χ0v) is 15.7. The molecule has 1 saturated heterocycles. The van der Waals surface area contributed by atoms with Crippen LogP contribution in [-0.4, -0.2) is 62.4 Å². The predicted molar refractivity (Wildman–Crippen MR) is 103 cm³/mol. The summed E-state index contributed by atoms with van der Waals surface area (Å²) in [5.74, 6) is 0.588. The summed E-state index contributed by atoms with van der Waals surface area (Å²) in [7, 11) is 3.98. The van der Waals surface area contributed by atoms with Gasteiger partial charge in [0.25, 0.3) is 5.91 Å². The highest BCUT2D eigenvalue weighted by atomic mass is 16.5. The first kappa shape index (κ1) is 18.7. The largest absolute Gasteiger partial charge is 0.490 e. The predicted octanol–water partition coefficient (Wildman–Crippen LogP) is 1.35. The molecule has 1 aliphatic rings. The second kappa shape index (κ2) is 8.52. The van der Waals surface area contributed by atoms with Crippen LogP contribution in [0.4, 0.5) is 0 Å². The summed E-state index contributed by atoms with van der Waals surface area (Å²) in [5.41, 5.74) is 0.593. The van der Waals surface area contributed by atoms with Crippen LogP contribution in [-0.2, 0) is 0 Å². The van der Waals surface area contributed by atoms with Crippen molar-refractivity contribution in [2.45, 2.75) is 25.4 Å². The number of hydrogen-bond acceptors (Lipinski definition) is 3. The molecule has 0 unspecified atom stereocenters. The van der Waals surface area contributed by atoms with E-state index in [9.17, 15) is 9.90 Å². The van der Waals surface area contributed by atoms with Gasteiger partial charge in [-0.25, -0.2) is 0 Å². The van der Waals surface area contributed by atoms with Gasteiger partial charge in [-0.1, -0.05) is 24.3 Å². The Morgan fingerprint density at radius 3 is 2.46 bits per heavy atom. The lowest BCUT2D eigenvalue weighted by atomic mass is 10.0. The molecule has 2 N–H and O–H groups in total. The molecule has 0 spiro atoms. The molecule has 26 heavy (non-hydrogen) atoms. The van der Waals surface area contributed by atoms with Crippen LogP contribution in [0, 0.1) is 0 Å². The lowest BCUT2D eigenvalue weighted by Crippen LogP contribution is -3.07. The normalized spacial score (nSPS) is 16.1. The van der Waals surface area contributed by atoms with Crippen molar-refractivity contribution in [3.63, 3.8) is 0 Å². The van der Waals surface area contributed by atoms with Gasteiger partial charge < -0.3 is 19.6 Å². The molecule has 2 aromatic rings. The quantitative estimate of drug-likeness (QED) is 0.821. The van der Waals surface area contributed by atoms with Crippen molar-refractivity contribution >= 4 is 16.7 Å². The first-order valence-corrected chi connectivity index (χ1v) is 9.46. The second-order valence-corrected chi connectivity index (χ2v) is 7.42. The van der Waals surface area contributed by atoms with Crippen LogP contribution < -0.4 is 9.64 Å². The number of aliphatic hydroxyl groups excluding tert-OH is 1. The number of rotatable bonds is 6. The Labute approximate surface area is 155 Å². The Morgan fingerprint density at radius 1 is 1.15 bits per heavy atom. The molecule has 1 atom stereocenters. The summed E-state index contributed by atoms with van der Waals surface area (Å²) >= 11 is 0. The first-order chi connectivity index (χ1) is 12.5. The van der Waals surface area contributed by atoms with Crippen molar-refractivity contribution in [1.82, 2.24) is 4.90 Å². The Hall–Kier alpha value is -2.11. The fourth-order valence-corrected chi connectivity index (χ4v) is 3.49. The van der Waals surface area contributed by atoms with Gasteiger partial charge in [-0.3, -0.25) is 4.79 Å². The van der Waals surface area contributed by atoms with Gasteiger partial charge in [-0.05, 0) is 42.2 Å². The van der Waals surface area contributed by atoms with E-state index in [0.29, 0.717) is 17.9 Å². The van der Waals surface area contributed by atoms with Crippen LogP contribution in [0.5, 0.6) is 5.75 Å². The van der Waals surface area contributed by atoms with Crippen LogP contribution in [0.15, 0.2) is 36.4 Å². The molecule has 140 valence electrons. The van der Waals surface area contributed by atoms with Gasteiger partial charge in [0.15, 0.2) is 0 Å². The molecule has 0 bridgehead atoms. The number of hydrogen-bond donors (Lipinski definition) is 2. The Morgan fingerprint density at radius 2 is 1.81 bits per heavy atom. The maximum atomic E-state index is 13.1. The Bertz CT molecular complexity index is 754. The van der Waals surface area contributed by atoms with E-state index in [1.807, 2.05) is 55.4 Å². The third-order valence-electron chi connectivity index (χ3n) is 4.80. The molecule has 2 aromatic carbocycles. The summed E-state index contributed by atoms with van der Waals surface area (Å²) in [5, 5.41) is 12.2. The Kier molecular flexibility index (Phi) is 6.12. The maximum Gasteiger partial charge on any atom is 0.257 e. The van der Waals surface area contributed by atoms with E-state index in [2.05, 4.69) is 0 Å².